The quantitative estimate of drug-likeness (QED) is 0.638. The molecule has 0 fully saturated rings. The van der Waals surface area contributed by atoms with Gasteiger partial charge in [-0.15, -0.1) is 0 Å². The third-order valence-electron chi connectivity index (χ3n) is 1.45. The van der Waals surface area contributed by atoms with E-state index in [0.29, 0.717) is 0 Å². The molecule has 0 saturated carbocycles. The van der Waals surface area contributed by atoms with Gasteiger partial charge >= 0.3 is 0 Å². The highest BCUT2D eigenvalue weighted by molar-refractivity contribution is 5.15. The molecule has 14 heavy (non-hydrogen) atoms. The first-order chi connectivity index (χ1) is 6.83. The van der Waals surface area contributed by atoms with Crippen molar-refractivity contribution in [3.8, 4) is 0 Å². The van der Waals surface area contributed by atoms with Gasteiger partial charge in [-0.05, 0) is 24.1 Å². The van der Waals surface area contributed by atoms with Crippen molar-refractivity contribution in [3.05, 3.63) is 35.6 Å². The zero-order valence-corrected chi connectivity index (χ0v) is 10.1. The highest BCUT2D eigenvalue weighted by Crippen LogP contribution is 2.04. The van der Waals surface area contributed by atoms with E-state index >= 15 is 0 Å². The van der Waals surface area contributed by atoms with Crippen molar-refractivity contribution >= 4 is 0 Å². The van der Waals surface area contributed by atoms with Gasteiger partial charge in [-0.1, -0.05) is 53.2 Å². The Balaban J connectivity index is 0. The highest BCUT2D eigenvalue weighted by atomic mass is 19.1. The molecule has 0 atom stereocenters. The number of hydrogen-bond acceptors (Lipinski definition) is 0. The van der Waals surface area contributed by atoms with E-state index in [4.69, 9.17) is 0 Å². The van der Waals surface area contributed by atoms with Gasteiger partial charge in [-0.2, -0.15) is 0 Å². The molecule has 0 saturated heterocycles. The molecule has 1 aromatic rings. The molecule has 0 heterocycles. The highest BCUT2D eigenvalue weighted by Gasteiger charge is 1.90. The molecule has 0 amide bonds. The fourth-order valence-corrected chi connectivity index (χ4v) is 0.940. The van der Waals surface area contributed by atoms with Crippen molar-refractivity contribution in [2.45, 2.75) is 47.5 Å². The van der Waals surface area contributed by atoms with E-state index in [2.05, 4.69) is 6.92 Å². The topological polar surface area (TPSA) is 0 Å². The number of benzene rings is 1. The Hall–Kier alpha value is -0.850. The van der Waals surface area contributed by atoms with Crippen LogP contribution in [0.25, 0.3) is 0 Å². The van der Waals surface area contributed by atoms with Crippen LogP contribution in [0.5, 0.6) is 0 Å². The molecule has 1 heteroatoms. The van der Waals surface area contributed by atoms with Crippen molar-refractivity contribution in [3.63, 3.8) is 0 Å². The van der Waals surface area contributed by atoms with Gasteiger partial charge in [-0.3, -0.25) is 0 Å². The summed E-state index contributed by atoms with van der Waals surface area (Å²) in [6.45, 7) is 10.1. The Morgan fingerprint density at radius 2 is 1.36 bits per heavy atom. The summed E-state index contributed by atoms with van der Waals surface area (Å²) in [7, 11) is 0. The first-order valence-electron chi connectivity index (χ1n) is 5.57. The molecule has 82 valence electrons. The maximum Gasteiger partial charge on any atom is 0.123 e. The minimum atomic E-state index is -0.153. The Morgan fingerprint density at radius 1 is 0.929 bits per heavy atom. The standard InChI is InChI=1S/C9H11F.2C2H6/c1-2-3-8-4-6-9(10)7-5-8;2*1-2/h4-7H,2-3H2,1H3;2*1-2H3. The second-order valence-corrected chi connectivity index (χ2v) is 2.38. The zero-order chi connectivity index (χ0) is 11.4. The smallest absolute Gasteiger partial charge is 0.123 e. The summed E-state index contributed by atoms with van der Waals surface area (Å²) >= 11 is 0. The van der Waals surface area contributed by atoms with Crippen LogP contribution >= 0.6 is 0 Å². The van der Waals surface area contributed by atoms with Crippen molar-refractivity contribution < 1.29 is 4.39 Å². The number of hydrogen-bond donors (Lipinski definition) is 0. The zero-order valence-electron chi connectivity index (χ0n) is 10.1. The van der Waals surface area contributed by atoms with E-state index in [1.165, 1.54) is 17.7 Å². The van der Waals surface area contributed by atoms with Gasteiger partial charge < -0.3 is 0 Å². The molecule has 0 bridgehead atoms. The van der Waals surface area contributed by atoms with Gasteiger partial charge in [0, 0.05) is 0 Å². The average Bonchev–Trinajstić information content (AvgIpc) is 2.28. The van der Waals surface area contributed by atoms with E-state index in [0.717, 1.165) is 12.8 Å². The summed E-state index contributed by atoms with van der Waals surface area (Å²) in [5.74, 6) is -0.153. The van der Waals surface area contributed by atoms with Gasteiger partial charge in [0.05, 0.1) is 0 Å². The van der Waals surface area contributed by atoms with Crippen molar-refractivity contribution in [1.82, 2.24) is 0 Å². The molecule has 1 aromatic carbocycles. The molecule has 0 spiro atoms. The fourth-order valence-electron chi connectivity index (χ4n) is 0.940. The Morgan fingerprint density at radius 3 is 1.71 bits per heavy atom. The van der Waals surface area contributed by atoms with Gasteiger partial charge in [0.15, 0.2) is 0 Å². The van der Waals surface area contributed by atoms with Gasteiger partial charge in [-0.25, -0.2) is 4.39 Å². The maximum absolute atomic E-state index is 12.3. The Kier molecular flexibility index (Phi) is 13.6. The van der Waals surface area contributed by atoms with Crippen LogP contribution in [0.3, 0.4) is 0 Å². The first kappa shape index (κ1) is 15.6. The summed E-state index contributed by atoms with van der Waals surface area (Å²) in [6, 6.07) is 6.67. The van der Waals surface area contributed by atoms with Crippen molar-refractivity contribution in [2.24, 2.45) is 0 Å². The largest absolute Gasteiger partial charge is 0.207 e. The molecule has 0 aliphatic carbocycles. The summed E-state index contributed by atoms with van der Waals surface area (Å²) < 4.78 is 12.3. The second kappa shape index (κ2) is 12.2. The molecule has 0 aromatic heterocycles. The van der Waals surface area contributed by atoms with E-state index in [1.807, 2.05) is 39.8 Å². The van der Waals surface area contributed by atoms with Crippen LogP contribution in [0.1, 0.15) is 46.6 Å². The Bertz CT molecular complexity index is 189. The monoisotopic (exact) mass is 198 g/mol. The molecule has 0 aliphatic heterocycles. The summed E-state index contributed by atoms with van der Waals surface area (Å²) in [5.41, 5.74) is 1.21. The lowest BCUT2D eigenvalue weighted by molar-refractivity contribution is 0.627. The molecule has 0 nitrogen and oxygen atoms in total. The third kappa shape index (κ3) is 7.78. The van der Waals surface area contributed by atoms with Crippen LogP contribution in [-0.4, -0.2) is 0 Å². The molecule has 0 N–H and O–H groups in total. The summed E-state index contributed by atoms with van der Waals surface area (Å²) in [4.78, 5) is 0. The minimum absolute atomic E-state index is 0.153. The fraction of sp³-hybridized carbons (Fsp3) is 0.538. The van der Waals surface area contributed by atoms with Crippen molar-refractivity contribution in [1.29, 1.82) is 0 Å². The van der Waals surface area contributed by atoms with E-state index < -0.39 is 0 Å². The lowest BCUT2D eigenvalue weighted by Crippen LogP contribution is -1.81. The van der Waals surface area contributed by atoms with Crippen LogP contribution in [0.4, 0.5) is 4.39 Å². The summed E-state index contributed by atoms with van der Waals surface area (Å²) in [6.07, 6.45) is 2.16. The van der Waals surface area contributed by atoms with E-state index in [1.54, 1.807) is 0 Å². The predicted molar refractivity (Wildman–Crippen MR) is 63.1 cm³/mol. The van der Waals surface area contributed by atoms with Gasteiger partial charge in [0.25, 0.3) is 0 Å². The first-order valence-corrected chi connectivity index (χ1v) is 5.57. The molecular formula is C13H23F. The number of halogens is 1. The maximum atomic E-state index is 12.3. The van der Waals surface area contributed by atoms with Crippen LogP contribution in [0, 0.1) is 5.82 Å². The van der Waals surface area contributed by atoms with E-state index in [-0.39, 0.29) is 5.82 Å². The van der Waals surface area contributed by atoms with Gasteiger partial charge in [0.1, 0.15) is 5.82 Å². The van der Waals surface area contributed by atoms with Crippen molar-refractivity contribution in [2.75, 3.05) is 0 Å². The third-order valence-corrected chi connectivity index (χ3v) is 1.45. The molecule has 1 rings (SSSR count). The predicted octanol–water partition coefficient (Wildman–Crippen LogP) is 4.83. The molecular weight excluding hydrogens is 175 g/mol. The molecule has 0 unspecified atom stereocenters. The number of rotatable bonds is 2. The summed E-state index contributed by atoms with van der Waals surface area (Å²) in [5, 5.41) is 0. The van der Waals surface area contributed by atoms with Crippen LogP contribution in [0.2, 0.25) is 0 Å². The minimum Gasteiger partial charge on any atom is -0.207 e. The molecule has 0 radical (unpaired) electrons. The van der Waals surface area contributed by atoms with Gasteiger partial charge in [0.2, 0.25) is 0 Å². The van der Waals surface area contributed by atoms with Crippen LogP contribution in [-0.2, 0) is 6.42 Å². The molecule has 0 aliphatic rings. The van der Waals surface area contributed by atoms with Crippen LogP contribution in [0.15, 0.2) is 24.3 Å². The normalized spacial score (nSPS) is 7.86. The lowest BCUT2D eigenvalue weighted by atomic mass is 10.1. The van der Waals surface area contributed by atoms with E-state index in [9.17, 15) is 4.39 Å². The lowest BCUT2D eigenvalue weighted by Gasteiger charge is -1.95. The average molecular weight is 198 g/mol. The second-order valence-electron chi connectivity index (χ2n) is 2.38. The Labute approximate surface area is 88.2 Å². The number of aryl methyl sites for hydroxylation is 1. The SMILES string of the molecule is CC.CC.CCCc1ccc(F)cc1. The van der Waals surface area contributed by atoms with Crippen LogP contribution < -0.4 is 0 Å².